The highest BCUT2D eigenvalue weighted by Crippen LogP contribution is 2.55. The molecule has 0 amide bonds. The molecule has 0 N–H and O–H groups in total. The zero-order valence-corrected chi connectivity index (χ0v) is 12.2. The molecule has 0 saturated heterocycles. The molecule has 1 unspecified atom stereocenters. The Morgan fingerprint density at radius 1 is 0.913 bits per heavy atom. The molecule has 0 saturated carbocycles. The predicted octanol–water partition coefficient (Wildman–Crippen LogP) is 2.64. The van der Waals surface area contributed by atoms with Crippen LogP contribution in [-0.2, 0) is 5.41 Å². The summed E-state index contributed by atoms with van der Waals surface area (Å²) in [6.45, 7) is 0.827. The molecule has 5 nitrogen and oxygen atoms in total. The van der Waals surface area contributed by atoms with Crippen LogP contribution in [0.3, 0.4) is 0 Å². The van der Waals surface area contributed by atoms with E-state index in [0.717, 1.165) is 34.2 Å². The summed E-state index contributed by atoms with van der Waals surface area (Å²) in [5, 5.41) is 4.51. The van der Waals surface area contributed by atoms with Gasteiger partial charge in [0, 0.05) is 17.8 Å². The van der Waals surface area contributed by atoms with Gasteiger partial charge in [0.1, 0.15) is 17.8 Å². The summed E-state index contributed by atoms with van der Waals surface area (Å²) in [6.07, 6.45) is 1.85. The molecular formula is C18H12N2O3. The van der Waals surface area contributed by atoms with Crippen molar-refractivity contribution < 1.29 is 14.2 Å². The van der Waals surface area contributed by atoms with Crippen LogP contribution in [0.1, 0.15) is 16.8 Å². The number of para-hydroxylation sites is 1. The molecule has 112 valence electrons. The Hall–Kier alpha value is -2.95. The van der Waals surface area contributed by atoms with Crippen LogP contribution < -0.4 is 14.2 Å². The van der Waals surface area contributed by atoms with Crippen molar-refractivity contribution in [3.8, 4) is 22.9 Å². The molecule has 0 fully saturated rings. The standard InChI is InChI=1S/C18H12N2O3/c1-2-4-13-11(3-1)18(17-5-6-19-20(13)17)9-21-14-8-16-15(7-12(14)18)22-10-23-16/h1-8H,9-10H2. The van der Waals surface area contributed by atoms with Gasteiger partial charge in [-0.1, -0.05) is 18.2 Å². The van der Waals surface area contributed by atoms with Crippen molar-refractivity contribution in [1.82, 2.24) is 9.78 Å². The zero-order chi connectivity index (χ0) is 15.0. The normalized spacial score (nSPS) is 21.9. The number of benzene rings is 2. The highest BCUT2D eigenvalue weighted by Gasteiger charge is 2.52. The van der Waals surface area contributed by atoms with E-state index >= 15 is 0 Å². The smallest absolute Gasteiger partial charge is 0.231 e. The number of nitrogens with zero attached hydrogens (tertiary/aromatic N) is 2. The first-order valence-electron chi connectivity index (χ1n) is 7.59. The van der Waals surface area contributed by atoms with E-state index in [9.17, 15) is 0 Å². The third-order valence-corrected chi connectivity index (χ3v) is 5.05. The molecule has 3 aromatic rings. The molecule has 1 spiro atoms. The Balaban J connectivity index is 1.71. The summed E-state index contributed by atoms with van der Waals surface area (Å²) >= 11 is 0. The number of hydrogen-bond donors (Lipinski definition) is 0. The number of ether oxygens (including phenoxy) is 3. The first-order chi connectivity index (χ1) is 11.4. The van der Waals surface area contributed by atoms with Crippen LogP contribution in [0.25, 0.3) is 5.69 Å². The summed E-state index contributed by atoms with van der Waals surface area (Å²) in [6, 6.07) is 14.4. The van der Waals surface area contributed by atoms with Gasteiger partial charge in [-0.2, -0.15) is 5.10 Å². The second kappa shape index (κ2) is 3.68. The molecule has 1 aromatic heterocycles. The fourth-order valence-electron chi connectivity index (χ4n) is 4.05. The van der Waals surface area contributed by atoms with Gasteiger partial charge in [0.05, 0.1) is 11.4 Å². The lowest BCUT2D eigenvalue weighted by atomic mass is 9.75. The lowest BCUT2D eigenvalue weighted by Crippen LogP contribution is -2.28. The largest absolute Gasteiger partial charge is 0.491 e. The van der Waals surface area contributed by atoms with Crippen molar-refractivity contribution in [1.29, 1.82) is 0 Å². The zero-order valence-electron chi connectivity index (χ0n) is 12.2. The van der Waals surface area contributed by atoms with E-state index in [1.54, 1.807) is 0 Å². The highest BCUT2D eigenvalue weighted by atomic mass is 16.7. The van der Waals surface area contributed by atoms with E-state index in [-0.39, 0.29) is 12.2 Å². The SMILES string of the molecule is c1ccc2c(c1)-n1nccc1C21COc2cc3c(cc21)OCO3. The Morgan fingerprint density at radius 3 is 2.74 bits per heavy atom. The van der Waals surface area contributed by atoms with E-state index < -0.39 is 0 Å². The number of fused-ring (bicyclic) bond motifs is 8. The van der Waals surface area contributed by atoms with Gasteiger partial charge in [0.25, 0.3) is 0 Å². The predicted molar refractivity (Wildman–Crippen MR) is 81.5 cm³/mol. The van der Waals surface area contributed by atoms with E-state index in [0.29, 0.717) is 6.61 Å². The number of hydrogen-bond acceptors (Lipinski definition) is 4. The van der Waals surface area contributed by atoms with Gasteiger partial charge < -0.3 is 14.2 Å². The second-order valence-corrected chi connectivity index (χ2v) is 6.04. The van der Waals surface area contributed by atoms with Crippen LogP contribution >= 0.6 is 0 Å². The Labute approximate surface area is 132 Å². The second-order valence-electron chi connectivity index (χ2n) is 6.04. The maximum atomic E-state index is 6.07. The molecule has 0 radical (unpaired) electrons. The first kappa shape index (κ1) is 11.6. The molecule has 3 aliphatic heterocycles. The lowest BCUT2D eigenvalue weighted by Gasteiger charge is -2.23. The van der Waals surface area contributed by atoms with Crippen LogP contribution in [0, 0.1) is 0 Å². The van der Waals surface area contributed by atoms with E-state index in [2.05, 4.69) is 35.4 Å². The molecule has 3 aliphatic rings. The number of rotatable bonds is 0. The highest BCUT2D eigenvalue weighted by molar-refractivity contribution is 5.69. The lowest BCUT2D eigenvalue weighted by molar-refractivity contribution is 0.173. The molecule has 1 atom stereocenters. The summed E-state index contributed by atoms with van der Waals surface area (Å²) in [4.78, 5) is 0. The van der Waals surface area contributed by atoms with E-state index in [1.165, 1.54) is 5.56 Å². The van der Waals surface area contributed by atoms with Crippen molar-refractivity contribution in [2.75, 3.05) is 13.4 Å². The summed E-state index contributed by atoms with van der Waals surface area (Å²) in [5.41, 5.74) is 4.26. The average molecular weight is 304 g/mol. The van der Waals surface area contributed by atoms with E-state index in [1.807, 2.05) is 23.0 Å². The minimum absolute atomic E-state index is 0.264. The average Bonchev–Trinajstić information content (AvgIpc) is 3.33. The van der Waals surface area contributed by atoms with E-state index in [4.69, 9.17) is 14.2 Å². The van der Waals surface area contributed by atoms with Crippen LogP contribution in [0.4, 0.5) is 0 Å². The molecule has 0 aliphatic carbocycles. The maximum absolute atomic E-state index is 6.07. The topological polar surface area (TPSA) is 45.5 Å². The van der Waals surface area contributed by atoms with Gasteiger partial charge in [0.2, 0.25) is 6.79 Å². The van der Waals surface area contributed by atoms with Crippen molar-refractivity contribution in [2.24, 2.45) is 0 Å². The monoisotopic (exact) mass is 304 g/mol. The van der Waals surface area contributed by atoms with Crippen LogP contribution in [0.15, 0.2) is 48.7 Å². The molecule has 4 heterocycles. The van der Waals surface area contributed by atoms with Crippen LogP contribution in [-0.4, -0.2) is 23.2 Å². The minimum atomic E-state index is -0.330. The summed E-state index contributed by atoms with van der Waals surface area (Å²) < 4.78 is 19.1. The third kappa shape index (κ3) is 1.20. The van der Waals surface area contributed by atoms with Crippen molar-refractivity contribution in [3.05, 3.63) is 65.5 Å². The quantitative estimate of drug-likeness (QED) is 0.640. The Morgan fingerprint density at radius 2 is 1.78 bits per heavy atom. The number of aromatic nitrogens is 2. The summed E-state index contributed by atoms with van der Waals surface area (Å²) in [7, 11) is 0. The van der Waals surface area contributed by atoms with Gasteiger partial charge in [-0.25, -0.2) is 4.68 Å². The fraction of sp³-hybridized carbons (Fsp3) is 0.167. The van der Waals surface area contributed by atoms with Crippen LogP contribution in [0.2, 0.25) is 0 Å². The first-order valence-corrected chi connectivity index (χ1v) is 7.59. The molecular weight excluding hydrogens is 292 g/mol. The van der Waals surface area contributed by atoms with Gasteiger partial charge in [-0.05, 0) is 23.8 Å². The van der Waals surface area contributed by atoms with Gasteiger partial charge in [-0.15, -0.1) is 0 Å². The van der Waals surface area contributed by atoms with Crippen molar-refractivity contribution in [2.45, 2.75) is 5.41 Å². The van der Waals surface area contributed by atoms with Gasteiger partial charge in [0.15, 0.2) is 11.5 Å². The molecule has 2 aromatic carbocycles. The fourth-order valence-corrected chi connectivity index (χ4v) is 4.05. The van der Waals surface area contributed by atoms with Crippen molar-refractivity contribution in [3.63, 3.8) is 0 Å². The molecule has 5 heteroatoms. The van der Waals surface area contributed by atoms with Gasteiger partial charge in [-0.3, -0.25) is 0 Å². The maximum Gasteiger partial charge on any atom is 0.231 e. The molecule has 23 heavy (non-hydrogen) atoms. The third-order valence-electron chi connectivity index (χ3n) is 5.05. The molecule has 6 rings (SSSR count). The van der Waals surface area contributed by atoms with Crippen LogP contribution in [0.5, 0.6) is 17.2 Å². The van der Waals surface area contributed by atoms with Crippen molar-refractivity contribution >= 4 is 0 Å². The summed E-state index contributed by atoms with van der Waals surface area (Å²) in [5.74, 6) is 2.39. The Kier molecular flexibility index (Phi) is 1.86. The molecule has 0 bridgehead atoms. The minimum Gasteiger partial charge on any atom is -0.491 e. The Bertz CT molecular complexity index is 978. The van der Waals surface area contributed by atoms with Gasteiger partial charge >= 0.3 is 0 Å².